The lowest BCUT2D eigenvalue weighted by Crippen LogP contribution is -2.51. The monoisotopic (exact) mass is 314 g/mol. The Morgan fingerprint density at radius 1 is 1.52 bits per heavy atom. The van der Waals surface area contributed by atoms with Crippen molar-refractivity contribution in [1.29, 1.82) is 0 Å². The first-order valence-electron chi connectivity index (χ1n) is 6.92. The molecule has 7 heteroatoms. The first kappa shape index (κ1) is 16.1. The summed E-state index contributed by atoms with van der Waals surface area (Å²) >= 11 is 0. The zero-order valence-corrected chi connectivity index (χ0v) is 13.2. The van der Waals surface area contributed by atoms with Crippen LogP contribution in [0.25, 0.3) is 0 Å². The van der Waals surface area contributed by atoms with Crippen LogP contribution in [0.1, 0.15) is 20.3 Å². The van der Waals surface area contributed by atoms with Gasteiger partial charge in [-0.1, -0.05) is 6.07 Å². The van der Waals surface area contributed by atoms with Crippen LogP contribution >= 0.6 is 0 Å². The fourth-order valence-corrected chi connectivity index (χ4v) is 3.63. The van der Waals surface area contributed by atoms with Crippen molar-refractivity contribution in [2.45, 2.75) is 31.9 Å². The molecule has 1 aromatic carbocycles. The van der Waals surface area contributed by atoms with Crippen molar-refractivity contribution < 1.29 is 17.9 Å². The highest BCUT2D eigenvalue weighted by Crippen LogP contribution is 2.26. The van der Waals surface area contributed by atoms with E-state index in [4.69, 9.17) is 15.2 Å². The predicted octanol–water partition coefficient (Wildman–Crippen LogP) is 1.13. The molecule has 1 saturated heterocycles. The molecule has 2 atom stereocenters. The first-order valence-corrected chi connectivity index (χ1v) is 8.58. The van der Waals surface area contributed by atoms with Crippen LogP contribution in [0.4, 0.5) is 5.69 Å². The molecular weight excluding hydrogens is 292 g/mol. The Labute approximate surface area is 125 Å². The molecule has 2 rings (SSSR count). The molecule has 0 spiro atoms. The Bertz CT molecular complexity index is 590. The van der Waals surface area contributed by atoms with Crippen molar-refractivity contribution >= 4 is 15.7 Å². The Kier molecular flexibility index (Phi) is 4.75. The minimum atomic E-state index is -3.42. The van der Waals surface area contributed by atoms with E-state index in [9.17, 15) is 8.42 Å². The van der Waals surface area contributed by atoms with Crippen LogP contribution < -0.4 is 15.2 Å². The van der Waals surface area contributed by atoms with Crippen LogP contribution in [0, 0.1) is 0 Å². The molecule has 0 saturated carbocycles. The second-order valence-electron chi connectivity index (χ2n) is 5.52. The molecule has 21 heavy (non-hydrogen) atoms. The third-order valence-corrected chi connectivity index (χ3v) is 5.24. The molecule has 1 aliphatic rings. The lowest BCUT2D eigenvalue weighted by Gasteiger charge is -2.28. The topological polar surface area (TPSA) is 90.6 Å². The van der Waals surface area contributed by atoms with Crippen molar-refractivity contribution in [1.82, 2.24) is 4.72 Å². The molecule has 118 valence electrons. The van der Waals surface area contributed by atoms with E-state index in [1.165, 1.54) is 0 Å². The SMILES string of the molecule is CC1OCCC1(C)NS(=O)(=O)CCOc1cccc(N)c1. The average molecular weight is 314 g/mol. The van der Waals surface area contributed by atoms with Crippen LogP contribution in [0.2, 0.25) is 0 Å². The normalized spacial score (nSPS) is 25.9. The summed E-state index contributed by atoms with van der Waals surface area (Å²) in [6.45, 7) is 4.38. The molecule has 0 bridgehead atoms. The molecule has 1 heterocycles. The molecule has 0 radical (unpaired) electrons. The van der Waals surface area contributed by atoms with Crippen LogP contribution in [0.3, 0.4) is 0 Å². The van der Waals surface area contributed by atoms with Crippen molar-refractivity contribution in [3.63, 3.8) is 0 Å². The highest BCUT2D eigenvalue weighted by atomic mass is 32.2. The second kappa shape index (κ2) is 6.21. The van der Waals surface area contributed by atoms with E-state index in [2.05, 4.69) is 4.72 Å². The predicted molar refractivity (Wildman–Crippen MR) is 81.7 cm³/mol. The molecule has 0 amide bonds. The molecular formula is C14H22N2O4S. The number of anilines is 1. The molecule has 0 aromatic heterocycles. The number of ether oxygens (including phenoxy) is 2. The first-order chi connectivity index (χ1) is 9.81. The van der Waals surface area contributed by atoms with Gasteiger partial charge in [0.2, 0.25) is 10.0 Å². The maximum absolute atomic E-state index is 12.1. The van der Waals surface area contributed by atoms with Gasteiger partial charge in [-0.25, -0.2) is 13.1 Å². The summed E-state index contributed by atoms with van der Waals surface area (Å²) in [6.07, 6.45) is 0.533. The standard InChI is InChI=1S/C14H22N2O4S/c1-11-14(2,6-7-19-11)16-21(17,18)9-8-20-13-5-3-4-12(15)10-13/h3-5,10-11,16H,6-9,15H2,1-2H3. The second-order valence-corrected chi connectivity index (χ2v) is 7.36. The van der Waals surface area contributed by atoms with Crippen molar-refractivity contribution in [3.05, 3.63) is 24.3 Å². The fraction of sp³-hybridized carbons (Fsp3) is 0.571. The van der Waals surface area contributed by atoms with Crippen LogP contribution in [0.5, 0.6) is 5.75 Å². The zero-order valence-electron chi connectivity index (χ0n) is 12.3. The number of hydrogen-bond acceptors (Lipinski definition) is 5. The molecule has 1 aliphatic heterocycles. The summed E-state index contributed by atoms with van der Waals surface area (Å²) in [7, 11) is -3.42. The van der Waals surface area contributed by atoms with Gasteiger partial charge in [0.1, 0.15) is 12.4 Å². The van der Waals surface area contributed by atoms with Crippen molar-refractivity contribution in [2.75, 3.05) is 24.7 Å². The molecule has 0 aliphatic carbocycles. The van der Waals surface area contributed by atoms with E-state index < -0.39 is 15.6 Å². The smallest absolute Gasteiger partial charge is 0.215 e. The molecule has 1 fully saturated rings. The number of benzene rings is 1. The largest absolute Gasteiger partial charge is 0.492 e. The quantitative estimate of drug-likeness (QED) is 0.768. The van der Waals surface area contributed by atoms with Crippen LogP contribution in [-0.4, -0.2) is 39.0 Å². The van der Waals surface area contributed by atoms with E-state index >= 15 is 0 Å². The van der Waals surface area contributed by atoms with Gasteiger partial charge in [0.15, 0.2) is 0 Å². The van der Waals surface area contributed by atoms with Crippen LogP contribution in [-0.2, 0) is 14.8 Å². The Balaban J connectivity index is 1.87. The molecule has 2 unspecified atom stereocenters. The molecule has 6 nitrogen and oxygen atoms in total. The van der Waals surface area contributed by atoms with E-state index in [-0.39, 0.29) is 18.5 Å². The lowest BCUT2D eigenvalue weighted by atomic mass is 9.97. The zero-order chi connectivity index (χ0) is 15.5. The van der Waals surface area contributed by atoms with Gasteiger partial charge in [-0.2, -0.15) is 0 Å². The minimum absolute atomic E-state index is 0.0735. The van der Waals surface area contributed by atoms with Crippen molar-refractivity contribution in [2.24, 2.45) is 0 Å². The Morgan fingerprint density at radius 2 is 2.29 bits per heavy atom. The summed E-state index contributed by atoms with van der Waals surface area (Å²) in [4.78, 5) is 0. The summed E-state index contributed by atoms with van der Waals surface area (Å²) < 4.78 is 37.8. The third-order valence-electron chi connectivity index (χ3n) is 3.75. The van der Waals surface area contributed by atoms with Gasteiger partial charge in [-0.3, -0.25) is 0 Å². The maximum atomic E-state index is 12.1. The van der Waals surface area contributed by atoms with Crippen molar-refractivity contribution in [3.8, 4) is 5.75 Å². The van der Waals surface area contributed by atoms with Gasteiger partial charge in [-0.15, -0.1) is 0 Å². The summed E-state index contributed by atoms with van der Waals surface area (Å²) in [5, 5.41) is 0. The Hall–Kier alpha value is -1.31. The van der Waals surface area contributed by atoms with E-state index in [1.807, 2.05) is 13.8 Å². The summed E-state index contributed by atoms with van der Waals surface area (Å²) in [5.41, 5.74) is 5.67. The molecule has 1 aromatic rings. The highest BCUT2D eigenvalue weighted by molar-refractivity contribution is 7.89. The Morgan fingerprint density at radius 3 is 2.90 bits per heavy atom. The van der Waals surface area contributed by atoms with E-state index in [0.717, 1.165) is 0 Å². The average Bonchev–Trinajstić information content (AvgIpc) is 2.68. The van der Waals surface area contributed by atoms with Gasteiger partial charge in [0.05, 0.1) is 17.4 Å². The number of nitrogens with two attached hydrogens (primary N) is 1. The highest BCUT2D eigenvalue weighted by Gasteiger charge is 2.40. The number of hydrogen-bond donors (Lipinski definition) is 2. The summed E-state index contributed by atoms with van der Waals surface area (Å²) in [6, 6.07) is 6.91. The number of nitrogens with one attached hydrogen (secondary N) is 1. The minimum Gasteiger partial charge on any atom is -0.492 e. The van der Waals surface area contributed by atoms with E-state index in [0.29, 0.717) is 24.5 Å². The van der Waals surface area contributed by atoms with E-state index in [1.54, 1.807) is 24.3 Å². The van der Waals surface area contributed by atoms with Gasteiger partial charge in [0.25, 0.3) is 0 Å². The molecule has 3 N–H and O–H groups in total. The van der Waals surface area contributed by atoms with Gasteiger partial charge < -0.3 is 15.2 Å². The van der Waals surface area contributed by atoms with Gasteiger partial charge >= 0.3 is 0 Å². The maximum Gasteiger partial charge on any atom is 0.215 e. The third kappa shape index (κ3) is 4.33. The van der Waals surface area contributed by atoms with Crippen LogP contribution in [0.15, 0.2) is 24.3 Å². The lowest BCUT2D eigenvalue weighted by molar-refractivity contribution is 0.0957. The number of rotatable bonds is 6. The fourth-order valence-electron chi connectivity index (χ4n) is 2.25. The summed E-state index contributed by atoms with van der Waals surface area (Å²) in [5.74, 6) is 0.457. The number of nitrogen functional groups attached to an aromatic ring is 1. The van der Waals surface area contributed by atoms with Gasteiger partial charge in [0, 0.05) is 18.4 Å². The van der Waals surface area contributed by atoms with Gasteiger partial charge in [-0.05, 0) is 32.4 Å². The number of sulfonamides is 1.